The van der Waals surface area contributed by atoms with Crippen molar-refractivity contribution in [2.45, 2.75) is 46.4 Å². The Balaban J connectivity index is 2.87. The molecule has 1 aromatic carbocycles. The van der Waals surface area contributed by atoms with Crippen molar-refractivity contribution in [3.63, 3.8) is 0 Å². The molecule has 0 saturated heterocycles. The van der Waals surface area contributed by atoms with Crippen molar-refractivity contribution in [3.05, 3.63) is 41.5 Å². The number of benzene rings is 1. The van der Waals surface area contributed by atoms with Crippen LogP contribution < -0.4 is 0 Å². The Hall–Kier alpha value is -1.39. The van der Waals surface area contributed by atoms with Gasteiger partial charge in [0.05, 0.1) is 13.2 Å². The Morgan fingerprint density at radius 2 is 1.82 bits per heavy atom. The molecule has 0 aliphatic rings. The molecule has 1 atom stereocenters. The summed E-state index contributed by atoms with van der Waals surface area (Å²) in [5, 5.41) is 0. The third-order valence-corrected chi connectivity index (χ3v) is 4.03. The van der Waals surface area contributed by atoms with E-state index < -0.39 is 9.04 Å². The van der Waals surface area contributed by atoms with Crippen LogP contribution in [0.4, 0.5) is 0 Å². The van der Waals surface area contributed by atoms with Gasteiger partial charge in [0.1, 0.15) is 0 Å². The molecule has 0 radical (unpaired) electrons. The van der Waals surface area contributed by atoms with Gasteiger partial charge >= 0.3 is 5.97 Å². The van der Waals surface area contributed by atoms with Crippen molar-refractivity contribution in [1.82, 2.24) is 0 Å². The molecule has 0 aliphatic carbocycles. The van der Waals surface area contributed by atoms with Gasteiger partial charge in [-0.1, -0.05) is 45.0 Å². The van der Waals surface area contributed by atoms with Crippen LogP contribution in [-0.4, -0.2) is 22.1 Å². The van der Waals surface area contributed by atoms with Crippen LogP contribution in [-0.2, 0) is 14.0 Å². The normalized spacial score (nSPS) is 13.6. The second kappa shape index (κ2) is 8.29. The minimum atomic E-state index is -1.11. The highest BCUT2D eigenvalue weighted by atomic mass is 28.3. The molecular formula is C18H28O3Si. The second-order valence-electron chi connectivity index (χ2n) is 6.96. The maximum atomic E-state index is 11.1. The Labute approximate surface area is 136 Å². The molecule has 0 amide bonds. The zero-order valence-electron chi connectivity index (χ0n) is 14.6. The van der Waals surface area contributed by atoms with Gasteiger partial charge in [0.25, 0.3) is 0 Å². The van der Waals surface area contributed by atoms with Gasteiger partial charge in [-0.3, -0.25) is 0 Å². The van der Waals surface area contributed by atoms with E-state index in [-0.39, 0.29) is 17.5 Å². The van der Waals surface area contributed by atoms with Gasteiger partial charge in [-0.05, 0) is 42.1 Å². The van der Waals surface area contributed by atoms with Gasteiger partial charge in [-0.25, -0.2) is 4.79 Å². The number of ether oxygens (including phenoxy) is 1. The van der Waals surface area contributed by atoms with Crippen LogP contribution in [0.15, 0.2) is 30.3 Å². The summed E-state index contributed by atoms with van der Waals surface area (Å²) in [4.78, 5) is 11.1. The Kier molecular flexibility index (Phi) is 7.03. The molecule has 3 nitrogen and oxygen atoms in total. The van der Waals surface area contributed by atoms with Crippen LogP contribution >= 0.6 is 0 Å². The summed E-state index contributed by atoms with van der Waals surface area (Å²) in [7, 11) is 0.269. The molecule has 4 heteroatoms. The van der Waals surface area contributed by atoms with Crippen LogP contribution in [0, 0.1) is 5.41 Å². The van der Waals surface area contributed by atoms with Crippen LogP contribution in [0.1, 0.15) is 44.4 Å². The van der Waals surface area contributed by atoms with Crippen LogP contribution in [0.2, 0.25) is 13.1 Å². The lowest BCUT2D eigenvalue weighted by Crippen LogP contribution is -2.19. The van der Waals surface area contributed by atoms with E-state index in [1.807, 2.05) is 12.1 Å². The summed E-state index contributed by atoms with van der Waals surface area (Å²) >= 11 is 0. The Morgan fingerprint density at radius 1 is 1.23 bits per heavy atom. The molecule has 0 bridgehead atoms. The number of hydrogen-bond donors (Lipinski definition) is 0. The van der Waals surface area contributed by atoms with E-state index in [9.17, 15) is 4.79 Å². The monoisotopic (exact) mass is 320 g/mol. The predicted molar refractivity (Wildman–Crippen MR) is 94.3 cm³/mol. The highest BCUT2D eigenvalue weighted by Crippen LogP contribution is 2.32. The van der Waals surface area contributed by atoms with Crippen molar-refractivity contribution in [2.75, 3.05) is 7.11 Å². The first-order valence-corrected chi connectivity index (χ1v) is 10.5. The van der Waals surface area contributed by atoms with Crippen molar-refractivity contribution in [1.29, 1.82) is 0 Å². The molecule has 0 aromatic heterocycles. The maximum absolute atomic E-state index is 11.1. The molecule has 0 saturated carbocycles. The molecule has 1 aromatic rings. The number of rotatable bonds is 6. The second-order valence-corrected chi connectivity index (χ2v) is 9.33. The topological polar surface area (TPSA) is 35.5 Å². The zero-order chi connectivity index (χ0) is 16.8. The van der Waals surface area contributed by atoms with Crippen LogP contribution in [0.25, 0.3) is 6.08 Å². The van der Waals surface area contributed by atoms with Gasteiger partial charge in [0.15, 0.2) is 9.04 Å². The van der Waals surface area contributed by atoms with Gasteiger partial charge in [-0.15, -0.1) is 0 Å². The van der Waals surface area contributed by atoms with E-state index in [0.717, 1.165) is 12.0 Å². The fourth-order valence-electron chi connectivity index (χ4n) is 2.18. The van der Waals surface area contributed by atoms with Gasteiger partial charge in [-0.2, -0.15) is 0 Å². The van der Waals surface area contributed by atoms with Crippen molar-refractivity contribution in [2.24, 2.45) is 5.41 Å². The third-order valence-electron chi connectivity index (χ3n) is 3.16. The Morgan fingerprint density at radius 3 is 2.27 bits per heavy atom. The standard InChI is InChI=1S/C18H28O3Si/c1-18(2,3)13-16(21-22(5)6)15-10-7-14(8-11-15)9-12-17(19)20-4/h7-12,16,22H,13H2,1-6H3/b12-9+. The Bertz CT molecular complexity index is 498. The molecule has 0 aliphatic heterocycles. The summed E-state index contributed by atoms with van der Waals surface area (Å²) in [5.41, 5.74) is 2.40. The molecule has 1 rings (SSSR count). The lowest BCUT2D eigenvalue weighted by Gasteiger charge is -2.28. The van der Waals surface area contributed by atoms with E-state index >= 15 is 0 Å². The predicted octanol–water partition coefficient (Wildman–Crippen LogP) is 4.35. The minimum Gasteiger partial charge on any atom is -0.466 e. The SMILES string of the molecule is COC(=O)/C=C/c1ccc(C(CC(C)(C)C)O[SiH](C)C)cc1. The first-order chi connectivity index (χ1) is 10.2. The first kappa shape index (κ1) is 18.7. The molecule has 0 heterocycles. The quantitative estimate of drug-likeness (QED) is 0.444. The number of carbonyl (C=O) groups is 1. The molecule has 22 heavy (non-hydrogen) atoms. The van der Waals surface area contributed by atoms with E-state index in [2.05, 4.69) is 50.7 Å². The summed E-state index contributed by atoms with van der Waals surface area (Å²) in [6.07, 6.45) is 4.33. The van der Waals surface area contributed by atoms with Crippen molar-refractivity contribution >= 4 is 21.1 Å². The average Bonchev–Trinajstić information content (AvgIpc) is 2.42. The number of hydrogen-bond acceptors (Lipinski definition) is 3. The molecule has 1 unspecified atom stereocenters. The number of esters is 1. The van der Waals surface area contributed by atoms with E-state index in [0.29, 0.717) is 0 Å². The molecule has 0 fully saturated rings. The largest absolute Gasteiger partial charge is 0.466 e. The van der Waals surface area contributed by atoms with E-state index in [1.165, 1.54) is 18.7 Å². The fourth-order valence-corrected chi connectivity index (χ4v) is 3.09. The lowest BCUT2D eigenvalue weighted by atomic mass is 9.87. The summed E-state index contributed by atoms with van der Waals surface area (Å²) < 4.78 is 10.8. The number of methoxy groups -OCH3 is 1. The smallest absolute Gasteiger partial charge is 0.330 e. The highest BCUT2D eigenvalue weighted by molar-refractivity contribution is 6.48. The summed E-state index contributed by atoms with van der Waals surface area (Å²) in [6, 6.07) is 8.19. The molecule has 0 spiro atoms. The van der Waals surface area contributed by atoms with E-state index in [4.69, 9.17) is 4.43 Å². The van der Waals surface area contributed by atoms with E-state index in [1.54, 1.807) is 6.08 Å². The van der Waals surface area contributed by atoms with Crippen LogP contribution in [0.5, 0.6) is 0 Å². The fraction of sp³-hybridized carbons (Fsp3) is 0.500. The average molecular weight is 321 g/mol. The third kappa shape index (κ3) is 7.05. The van der Waals surface area contributed by atoms with Crippen molar-refractivity contribution in [3.8, 4) is 0 Å². The van der Waals surface area contributed by atoms with Gasteiger partial charge in [0.2, 0.25) is 0 Å². The molecule has 122 valence electrons. The lowest BCUT2D eigenvalue weighted by molar-refractivity contribution is -0.134. The molecular weight excluding hydrogens is 292 g/mol. The van der Waals surface area contributed by atoms with Gasteiger partial charge in [0, 0.05) is 6.08 Å². The summed E-state index contributed by atoms with van der Waals surface area (Å²) in [5.74, 6) is -0.344. The van der Waals surface area contributed by atoms with Crippen LogP contribution in [0.3, 0.4) is 0 Å². The van der Waals surface area contributed by atoms with Gasteiger partial charge < -0.3 is 9.16 Å². The first-order valence-electron chi connectivity index (χ1n) is 7.73. The number of carbonyl (C=O) groups excluding carboxylic acids is 1. The highest BCUT2D eigenvalue weighted by Gasteiger charge is 2.21. The zero-order valence-corrected chi connectivity index (χ0v) is 15.7. The molecule has 0 N–H and O–H groups in total. The van der Waals surface area contributed by atoms with Crippen molar-refractivity contribution < 1.29 is 14.0 Å². The minimum absolute atomic E-state index is 0.144. The summed E-state index contributed by atoms with van der Waals surface area (Å²) in [6.45, 7) is 11.1. The maximum Gasteiger partial charge on any atom is 0.330 e.